The Morgan fingerprint density at radius 1 is 0.833 bits per heavy atom. The summed E-state index contributed by atoms with van der Waals surface area (Å²) in [6.07, 6.45) is 1.50. The standard InChI is InChI=1S/C35H24N4O3/c1-42-24-15-11-22(12-16-24)32-19-30(37-39(32)23-13-9-21(20-40)10-14-23)25-17-18-28-33-26(25)5-4-6-27(33)34-36-29-7-2-3-8-31(29)38(34)35(28)41/h2-18,20,32H,19H2,1H3/t32-/m0/s1. The van der Waals surface area contributed by atoms with Crippen LogP contribution in [0.4, 0.5) is 5.69 Å². The zero-order chi connectivity index (χ0) is 28.4. The lowest BCUT2D eigenvalue weighted by Gasteiger charge is -2.24. The zero-order valence-electron chi connectivity index (χ0n) is 22.7. The third-order valence-corrected chi connectivity index (χ3v) is 8.29. The molecule has 202 valence electrons. The lowest BCUT2D eigenvalue weighted by molar-refractivity contribution is 0.112. The fourth-order valence-corrected chi connectivity index (χ4v) is 6.26. The second-order valence-electron chi connectivity index (χ2n) is 10.5. The van der Waals surface area contributed by atoms with Crippen LogP contribution < -0.4 is 15.3 Å². The first kappa shape index (κ1) is 24.3. The molecule has 42 heavy (non-hydrogen) atoms. The number of fused-ring (bicyclic) bond motifs is 4. The molecule has 7 nitrogen and oxygen atoms in total. The minimum absolute atomic E-state index is 0.0652. The number of benzene rings is 5. The summed E-state index contributed by atoms with van der Waals surface area (Å²) < 4.78 is 7.12. The van der Waals surface area contributed by atoms with E-state index in [-0.39, 0.29) is 11.6 Å². The third kappa shape index (κ3) is 3.53. The van der Waals surface area contributed by atoms with Crippen LogP contribution in [0.2, 0.25) is 0 Å². The monoisotopic (exact) mass is 548 g/mol. The van der Waals surface area contributed by atoms with Gasteiger partial charge in [-0.2, -0.15) is 5.10 Å². The molecule has 1 atom stereocenters. The van der Waals surface area contributed by atoms with Gasteiger partial charge in [0.2, 0.25) is 0 Å². The average Bonchev–Trinajstić information content (AvgIpc) is 3.66. The SMILES string of the molecule is COc1ccc([C@@H]2CC(c3ccc4c(=O)n5c6ccccc6nc5c5cccc3c45)=NN2c2ccc(C=O)cc2)cc1. The van der Waals surface area contributed by atoms with Crippen LogP contribution in [0, 0.1) is 0 Å². The molecule has 7 heteroatoms. The first-order chi connectivity index (χ1) is 20.6. The van der Waals surface area contributed by atoms with Gasteiger partial charge in [-0.05, 0) is 65.5 Å². The summed E-state index contributed by atoms with van der Waals surface area (Å²) >= 11 is 0. The smallest absolute Gasteiger partial charge is 0.264 e. The number of rotatable bonds is 5. The number of carbonyl (C=O) groups is 1. The van der Waals surface area contributed by atoms with Crippen molar-refractivity contribution in [2.75, 3.05) is 12.1 Å². The quantitative estimate of drug-likeness (QED) is 0.222. The molecule has 3 heterocycles. The Bertz CT molecular complexity index is 2250. The highest BCUT2D eigenvalue weighted by atomic mass is 16.5. The second-order valence-corrected chi connectivity index (χ2v) is 10.5. The van der Waals surface area contributed by atoms with Crippen LogP contribution in [0.3, 0.4) is 0 Å². The molecule has 0 aliphatic carbocycles. The van der Waals surface area contributed by atoms with Crippen molar-refractivity contribution in [1.29, 1.82) is 0 Å². The first-order valence-corrected chi connectivity index (χ1v) is 13.8. The molecule has 1 aliphatic rings. The molecule has 0 fully saturated rings. The summed E-state index contributed by atoms with van der Waals surface area (Å²) in [5, 5.41) is 10.7. The number of hydrogen-bond donors (Lipinski definition) is 0. The zero-order valence-corrected chi connectivity index (χ0v) is 22.7. The van der Waals surface area contributed by atoms with Crippen molar-refractivity contribution < 1.29 is 9.53 Å². The Labute approximate surface area is 240 Å². The molecule has 0 saturated carbocycles. The summed E-state index contributed by atoms with van der Waals surface area (Å²) in [6.45, 7) is 0. The van der Waals surface area contributed by atoms with Crippen LogP contribution >= 0.6 is 0 Å². The summed E-state index contributed by atoms with van der Waals surface area (Å²) in [5.41, 5.74) is 6.70. The van der Waals surface area contributed by atoms with Crippen LogP contribution in [-0.4, -0.2) is 28.5 Å². The van der Waals surface area contributed by atoms with E-state index >= 15 is 0 Å². The Kier molecular flexibility index (Phi) is 5.34. The molecule has 2 aromatic heterocycles. The molecule has 0 unspecified atom stereocenters. The minimum atomic E-state index is -0.0738. The van der Waals surface area contributed by atoms with Gasteiger partial charge in [0.25, 0.3) is 5.56 Å². The normalized spacial score (nSPS) is 15.2. The highest BCUT2D eigenvalue weighted by Gasteiger charge is 2.31. The summed E-state index contributed by atoms with van der Waals surface area (Å²) in [5.74, 6) is 0.791. The van der Waals surface area contributed by atoms with Gasteiger partial charge in [-0.3, -0.25) is 19.0 Å². The van der Waals surface area contributed by atoms with Crippen molar-refractivity contribution >= 4 is 55.9 Å². The van der Waals surface area contributed by atoms with Crippen molar-refractivity contribution in [3.05, 3.63) is 130 Å². The molecule has 1 aliphatic heterocycles. The molecule has 8 rings (SSSR count). The highest BCUT2D eigenvalue weighted by molar-refractivity contribution is 6.22. The molecular weight excluding hydrogens is 524 g/mol. The predicted octanol–water partition coefficient (Wildman–Crippen LogP) is 6.77. The molecule has 0 saturated heterocycles. The highest BCUT2D eigenvalue weighted by Crippen LogP contribution is 2.40. The van der Waals surface area contributed by atoms with Crippen molar-refractivity contribution in [1.82, 2.24) is 9.38 Å². The van der Waals surface area contributed by atoms with E-state index in [1.54, 1.807) is 23.6 Å². The van der Waals surface area contributed by atoms with E-state index in [0.29, 0.717) is 23.0 Å². The summed E-state index contributed by atoms with van der Waals surface area (Å²) in [6, 6.07) is 33.3. The number of imidazole rings is 1. The number of nitrogens with zero attached hydrogens (tertiary/aromatic N) is 4. The van der Waals surface area contributed by atoms with Gasteiger partial charge in [-0.25, -0.2) is 4.98 Å². The molecule has 0 spiro atoms. The van der Waals surface area contributed by atoms with Crippen LogP contribution in [-0.2, 0) is 0 Å². The number of hydrogen-bond acceptors (Lipinski definition) is 6. The fraction of sp³-hybridized carbons (Fsp3) is 0.0857. The number of para-hydroxylation sites is 2. The number of hydrazone groups is 1. The second kappa shape index (κ2) is 9.24. The number of carbonyl (C=O) groups excluding carboxylic acids is 1. The number of pyridine rings is 1. The number of methoxy groups -OCH3 is 1. The molecular formula is C35H24N4O3. The maximum Gasteiger partial charge on any atom is 0.264 e. The molecule has 5 aromatic carbocycles. The van der Waals surface area contributed by atoms with Gasteiger partial charge in [-0.15, -0.1) is 0 Å². The molecule has 7 aromatic rings. The first-order valence-electron chi connectivity index (χ1n) is 13.8. The summed E-state index contributed by atoms with van der Waals surface area (Å²) in [4.78, 5) is 30.0. The van der Waals surface area contributed by atoms with E-state index in [1.165, 1.54) is 0 Å². The van der Waals surface area contributed by atoms with Crippen LogP contribution in [0.5, 0.6) is 5.75 Å². The van der Waals surface area contributed by atoms with Crippen molar-refractivity contribution in [2.45, 2.75) is 12.5 Å². The molecule has 0 amide bonds. The summed E-state index contributed by atoms with van der Waals surface area (Å²) in [7, 11) is 1.66. The average molecular weight is 549 g/mol. The van der Waals surface area contributed by atoms with Crippen molar-refractivity contribution in [3.63, 3.8) is 0 Å². The van der Waals surface area contributed by atoms with E-state index in [1.807, 2.05) is 77.8 Å². The van der Waals surface area contributed by atoms with Crippen molar-refractivity contribution in [3.8, 4) is 5.75 Å². The number of aromatic nitrogens is 2. The van der Waals surface area contributed by atoms with E-state index in [4.69, 9.17) is 14.8 Å². The Hall–Kier alpha value is -5.56. The van der Waals surface area contributed by atoms with Gasteiger partial charge in [0.1, 0.15) is 17.7 Å². The molecule has 0 N–H and O–H groups in total. The van der Waals surface area contributed by atoms with Gasteiger partial charge in [0, 0.05) is 33.7 Å². The number of ether oxygens (including phenoxy) is 1. The van der Waals surface area contributed by atoms with Gasteiger partial charge >= 0.3 is 0 Å². The van der Waals surface area contributed by atoms with E-state index in [2.05, 4.69) is 18.2 Å². The van der Waals surface area contributed by atoms with Gasteiger partial charge < -0.3 is 4.74 Å². The minimum Gasteiger partial charge on any atom is -0.497 e. The maximum absolute atomic E-state index is 13.8. The number of aldehydes is 1. The van der Waals surface area contributed by atoms with Gasteiger partial charge in [0.05, 0.1) is 35.6 Å². The molecule has 0 bridgehead atoms. The largest absolute Gasteiger partial charge is 0.497 e. The maximum atomic E-state index is 13.8. The third-order valence-electron chi connectivity index (χ3n) is 8.29. The lowest BCUT2D eigenvalue weighted by Crippen LogP contribution is -2.18. The van der Waals surface area contributed by atoms with Gasteiger partial charge in [0.15, 0.2) is 0 Å². The fourth-order valence-electron chi connectivity index (χ4n) is 6.26. The van der Waals surface area contributed by atoms with E-state index in [9.17, 15) is 9.59 Å². The Balaban J connectivity index is 1.33. The van der Waals surface area contributed by atoms with Crippen LogP contribution in [0.15, 0.2) is 113 Å². The topological polar surface area (TPSA) is 76.3 Å². The van der Waals surface area contributed by atoms with Crippen LogP contribution in [0.1, 0.15) is 33.9 Å². The van der Waals surface area contributed by atoms with Crippen molar-refractivity contribution in [2.24, 2.45) is 5.10 Å². The lowest BCUT2D eigenvalue weighted by atomic mass is 9.92. The molecule has 0 radical (unpaired) electrons. The predicted molar refractivity (Wildman–Crippen MR) is 166 cm³/mol. The Morgan fingerprint density at radius 3 is 2.40 bits per heavy atom. The van der Waals surface area contributed by atoms with Crippen LogP contribution in [0.25, 0.3) is 38.2 Å². The number of anilines is 1. The Morgan fingerprint density at radius 2 is 1.62 bits per heavy atom. The van der Waals surface area contributed by atoms with E-state index in [0.717, 1.165) is 61.8 Å². The van der Waals surface area contributed by atoms with E-state index < -0.39 is 0 Å². The van der Waals surface area contributed by atoms with Gasteiger partial charge in [-0.1, -0.05) is 48.5 Å².